The van der Waals surface area contributed by atoms with Gasteiger partial charge in [0.1, 0.15) is 17.9 Å². The van der Waals surface area contributed by atoms with Crippen molar-refractivity contribution >= 4 is 17.7 Å². The van der Waals surface area contributed by atoms with Gasteiger partial charge in [0.15, 0.2) is 0 Å². The second-order valence-electron chi connectivity index (χ2n) is 9.78. The third-order valence-corrected chi connectivity index (χ3v) is 6.63. The molecule has 0 radical (unpaired) electrons. The van der Waals surface area contributed by atoms with Gasteiger partial charge in [-0.3, -0.25) is 19.7 Å². The zero-order valence-corrected chi connectivity index (χ0v) is 18.9. The number of nitrogens with zero attached hydrogens (tertiary/aromatic N) is 1. The Bertz CT molecular complexity index is 894. The fourth-order valence-electron chi connectivity index (χ4n) is 4.83. The third kappa shape index (κ3) is 5.13. The summed E-state index contributed by atoms with van der Waals surface area (Å²) in [7, 11) is 0. The van der Waals surface area contributed by atoms with Crippen molar-refractivity contribution in [3.8, 4) is 5.75 Å². The van der Waals surface area contributed by atoms with Gasteiger partial charge in [-0.15, -0.1) is 0 Å². The van der Waals surface area contributed by atoms with Crippen molar-refractivity contribution < 1.29 is 24.2 Å². The van der Waals surface area contributed by atoms with Gasteiger partial charge in [0.2, 0.25) is 11.8 Å². The minimum absolute atomic E-state index is 0.0342. The molecule has 4 rings (SSSR count). The number of aliphatic hydroxyl groups is 1. The normalized spacial score (nSPS) is 26.2. The number of fused-ring (bicyclic) bond motifs is 1. The molecule has 3 amide bonds. The third-order valence-electron chi connectivity index (χ3n) is 6.63. The van der Waals surface area contributed by atoms with E-state index < -0.39 is 17.6 Å². The number of ether oxygens (including phenoxy) is 1. The Morgan fingerprint density at radius 1 is 1.19 bits per heavy atom. The van der Waals surface area contributed by atoms with Crippen molar-refractivity contribution in [2.45, 2.75) is 89.1 Å². The first-order valence-corrected chi connectivity index (χ1v) is 11.6. The van der Waals surface area contributed by atoms with Crippen LogP contribution in [0.3, 0.4) is 0 Å². The molecule has 2 aliphatic heterocycles. The number of rotatable bonds is 7. The molecule has 3 atom stereocenters. The summed E-state index contributed by atoms with van der Waals surface area (Å²) in [6.07, 6.45) is 5.56. The van der Waals surface area contributed by atoms with E-state index in [1.54, 1.807) is 11.0 Å². The molecule has 1 aromatic rings. The van der Waals surface area contributed by atoms with Crippen LogP contribution in [0.2, 0.25) is 0 Å². The second kappa shape index (κ2) is 9.19. The van der Waals surface area contributed by atoms with Gasteiger partial charge < -0.3 is 20.1 Å². The first-order chi connectivity index (χ1) is 15.2. The SMILES string of the molecule is CC(C)(O)CCN[C@H]1CCCC[C@H]1Oc1ccc2c(c1)CN(C1CCC(=O)NC1=O)C2=O. The number of piperidine rings is 1. The number of amides is 3. The van der Waals surface area contributed by atoms with E-state index in [2.05, 4.69) is 10.6 Å². The van der Waals surface area contributed by atoms with Crippen LogP contribution >= 0.6 is 0 Å². The maximum Gasteiger partial charge on any atom is 0.255 e. The van der Waals surface area contributed by atoms with Crippen LogP contribution in [0.25, 0.3) is 0 Å². The summed E-state index contributed by atoms with van der Waals surface area (Å²) in [5, 5.41) is 15.8. The van der Waals surface area contributed by atoms with Crippen molar-refractivity contribution in [3.05, 3.63) is 29.3 Å². The number of hydrogen-bond acceptors (Lipinski definition) is 6. The number of imide groups is 1. The van der Waals surface area contributed by atoms with Crippen LogP contribution in [0.15, 0.2) is 18.2 Å². The van der Waals surface area contributed by atoms with Gasteiger partial charge in [-0.2, -0.15) is 0 Å². The molecule has 2 fully saturated rings. The topological polar surface area (TPSA) is 108 Å². The van der Waals surface area contributed by atoms with Crippen LogP contribution in [0.5, 0.6) is 5.75 Å². The molecule has 0 bridgehead atoms. The predicted molar refractivity (Wildman–Crippen MR) is 118 cm³/mol. The van der Waals surface area contributed by atoms with Gasteiger partial charge in [-0.25, -0.2) is 0 Å². The summed E-state index contributed by atoms with van der Waals surface area (Å²) < 4.78 is 6.35. The molecule has 3 N–H and O–H groups in total. The van der Waals surface area contributed by atoms with Crippen LogP contribution in [0, 0.1) is 0 Å². The van der Waals surface area contributed by atoms with Crippen molar-refractivity contribution in [2.24, 2.45) is 0 Å². The Balaban J connectivity index is 1.41. The van der Waals surface area contributed by atoms with Gasteiger partial charge in [0, 0.05) is 24.6 Å². The molecule has 0 aromatic heterocycles. The maximum atomic E-state index is 12.9. The van der Waals surface area contributed by atoms with Gasteiger partial charge >= 0.3 is 0 Å². The van der Waals surface area contributed by atoms with Crippen LogP contribution in [0.1, 0.15) is 74.7 Å². The number of carbonyl (C=O) groups excluding carboxylic acids is 3. The van der Waals surface area contributed by atoms with Gasteiger partial charge in [-0.05, 0) is 76.3 Å². The lowest BCUT2D eigenvalue weighted by Crippen LogP contribution is -2.52. The highest BCUT2D eigenvalue weighted by Crippen LogP contribution is 2.32. The second-order valence-corrected chi connectivity index (χ2v) is 9.78. The Hall–Kier alpha value is -2.45. The monoisotopic (exact) mass is 443 g/mol. The Morgan fingerprint density at radius 2 is 1.97 bits per heavy atom. The van der Waals surface area contributed by atoms with Crippen molar-refractivity contribution in [2.75, 3.05) is 6.54 Å². The molecule has 3 aliphatic rings. The van der Waals surface area contributed by atoms with E-state index in [9.17, 15) is 19.5 Å². The molecule has 8 nitrogen and oxygen atoms in total. The van der Waals surface area contributed by atoms with E-state index in [0.29, 0.717) is 24.9 Å². The highest BCUT2D eigenvalue weighted by molar-refractivity contribution is 6.05. The van der Waals surface area contributed by atoms with Gasteiger partial charge in [0.05, 0.1) is 5.60 Å². The molecular formula is C24H33N3O5. The minimum Gasteiger partial charge on any atom is -0.489 e. The lowest BCUT2D eigenvalue weighted by Gasteiger charge is -2.33. The lowest BCUT2D eigenvalue weighted by molar-refractivity contribution is -0.136. The molecule has 2 heterocycles. The minimum atomic E-state index is -0.695. The first kappa shape index (κ1) is 22.7. The Labute approximate surface area is 188 Å². The van der Waals surface area contributed by atoms with Crippen LogP contribution in [-0.2, 0) is 16.1 Å². The Morgan fingerprint density at radius 3 is 2.72 bits per heavy atom. The molecule has 1 saturated heterocycles. The fourth-order valence-corrected chi connectivity index (χ4v) is 4.83. The summed E-state index contributed by atoms with van der Waals surface area (Å²) in [6.45, 7) is 4.70. The number of hydrogen-bond donors (Lipinski definition) is 3. The lowest BCUT2D eigenvalue weighted by atomic mass is 9.92. The summed E-state index contributed by atoms with van der Waals surface area (Å²) in [5.74, 6) is -0.141. The zero-order valence-electron chi connectivity index (χ0n) is 18.9. The summed E-state index contributed by atoms with van der Waals surface area (Å²) in [5.41, 5.74) is 0.740. The van der Waals surface area contributed by atoms with E-state index in [4.69, 9.17) is 4.74 Å². The quantitative estimate of drug-likeness (QED) is 0.556. The van der Waals surface area contributed by atoms with Gasteiger partial charge in [0.25, 0.3) is 5.91 Å². The van der Waals surface area contributed by atoms with Crippen LogP contribution in [-0.4, -0.2) is 58.1 Å². The summed E-state index contributed by atoms with van der Waals surface area (Å²) >= 11 is 0. The molecule has 1 aliphatic carbocycles. The van der Waals surface area contributed by atoms with E-state index in [1.165, 1.54) is 0 Å². The summed E-state index contributed by atoms with van der Waals surface area (Å²) in [6, 6.07) is 5.12. The average molecular weight is 444 g/mol. The summed E-state index contributed by atoms with van der Waals surface area (Å²) in [4.78, 5) is 38.1. The first-order valence-electron chi connectivity index (χ1n) is 11.6. The van der Waals surface area contributed by atoms with Crippen molar-refractivity contribution in [3.63, 3.8) is 0 Å². The predicted octanol–water partition coefficient (Wildman–Crippen LogP) is 1.89. The van der Waals surface area contributed by atoms with Gasteiger partial charge in [-0.1, -0.05) is 6.42 Å². The van der Waals surface area contributed by atoms with Crippen LogP contribution in [0.4, 0.5) is 0 Å². The fraction of sp³-hybridized carbons (Fsp3) is 0.625. The maximum absolute atomic E-state index is 12.9. The standard InChI is InChI=1S/C24H33N3O5/c1-24(2,31)11-12-25-18-5-3-4-6-20(18)32-16-7-8-17-15(13-16)14-27(23(17)30)19-9-10-21(28)26-22(19)29/h7-8,13,18-20,25,31H,3-6,9-12,14H2,1-2H3,(H,26,28,29)/t18-,19?,20+/m0/s1. The molecule has 1 saturated carbocycles. The smallest absolute Gasteiger partial charge is 0.255 e. The molecular weight excluding hydrogens is 410 g/mol. The van der Waals surface area contributed by atoms with Crippen molar-refractivity contribution in [1.29, 1.82) is 0 Å². The van der Waals surface area contributed by atoms with E-state index in [-0.39, 0.29) is 30.4 Å². The molecule has 1 aromatic carbocycles. The molecule has 1 unspecified atom stereocenters. The Kier molecular flexibility index (Phi) is 6.53. The van der Waals surface area contributed by atoms with E-state index >= 15 is 0 Å². The number of nitrogens with one attached hydrogen (secondary N) is 2. The molecule has 0 spiro atoms. The molecule has 8 heteroatoms. The largest absolute Gasteiger partial charge is 0.489 e. The highest BCUT2D eigenvalue weighted by Gasteiger charge is 2.39. The highest BCUT2D eigenvalue weighted by atomic mass is 16.5. The van der Waals surface area contributed by atoms with Crippen LogP contribution < -0.4 is 15.4 Å². The average Bonchev–Trinajstić information content (AvgIpc) is 3.04. The molecule has 32 heavy (non-hydrogen) atoms. The number of carbonyl (C=O) groups is 3. The zero-order chi connectivity index (χ0) is 22.9. The van der Waals surface area contributed by atoms with E-state index in [1.807, 2.05) is 26.0 Å². The number of benzene rings is 1. The molecule has 174 valence electrons. The van der Waals surface area contributed by atoms with E-state index in [0.717, 1.165) is 43.5 Å². The van der Waals surface area contributed by atoms with Crippen molar-refractivity contribution in [1.82, 2.24) is 15.5 Å².